The molecule has 1 unspecified atom stereocenters. The number of para-hydroxylation sites is 1. The van der Waals surface area contributed by atoms with Crippen molar-refractivity contribution < 1.29 is 23.8 Å². The normalized spacial score (nSPS) is 19.0. The third-order valence-electron chi connectivity index (χ3n) is 9.24. The van der Waals surface area contributed by atoms with Crippen molar-refractivity contribution in [2.75, 3.05) is 46.5 Å². The van der Waals surface area contributed by atoms with Gasteiger partial charge in [-0.25, -0.2) is 19.3 Å². The van der Waals surface area contributed by atoms with E-state index in [2.05, 4.69) is 9.88 Å². The lowest BCUT2D eigenvalue weighted by Crippen LogP contribution is -2.52. The smallest absolute Gasteiger partial charge is 0.419 e. The lowest BCUT2D eigenvalue weighted by molar-refractivity contribution is -0.137. The Bertz CT molecular complexity index is 1960. The monoisotopic (exact) mass is 653 g/mol. The van der Waals surface area contributed by atoms with Gasteiger partial charge in [0.1, 0.15) is 35.6 Å². The largest absolute Gasteiger partial charge is 0.497 e. The number of ether oxygens (including phenoxy) is 3. The van der Waals surface area contributed by atoms with E-state index < -0.39 is 11.7 Å². The molecule has 2 aliphatic rings. The van der Waals surface area contributed by atoms with Gasteiger partial charge >= 0.3 is 6.09 Å². The molecule has 2 saturated heterocycles. The second-order valence-electron chi connectivity index (χ2n) is 13.8. The van der Waals surface area contributed by atoms with Gasteiger partial charge in [-0.05, 0) is 64.3 Å². The van der Waals surface area contributed by atoms with Crippen molar-refractivity contribution in [2.45, 2.75) is 52.3 Å². The van der Waals surface area contributed by atoms with E-state index in [0.29, 0.717) is 42.0 Å². The van der Waals surface area contributed by atoms with Crippen LogP contribution in [0.2, 0.25) is 0 Å². The fraction of sp³-hybridized carbons (Fsp3) is 0.444. The van der Waals surface area contributed by atoms with Crippen molar-refractivity contribution >= 4 is 33.9 Å². The van der Waals surface area contributed by atoms with E-state index in [9.17, 15) is 9.59 Å². The minimum absolute atomic E-state index is 0.0186. The number of methoxy groups -OCH3 is 1. The molecular formula is C36H43N7O5. The van der Waals surface area contributed by atoms with Crippen LogP contribution in [-0.2, 0) is 20.8 Å². The fourth-order valence-corrected chi connectivity index (χ4v) is 6.90. The summed E-state index contributed by atoms with van der Waals surface area (Å²) in [5, 5.41) is 0.911. The van der Waals surface area contributed by atoms with Crippen molar-refractivity contribution in [1.29, 1.82) is 0 Å². The van der Waals surface area contributed by atoms with Gasteiger partial charge in [-0.15, -0.1) is 0 Å². The first-order chi connectivity index (χ1) is 23.1. The summed E-state index contributed by atoms with van der Waals surface area (Å²) in [5.74, 6) is 2.60. The Labute approximate surface area is 279 Å². The Morgan fingerprint density at radius 2 is 1.92 bits per heavy atom. The molecule has 5 heterocycles. The number of fused-ring (bicyclic) bond motifs is 2. The molecule has 2 fully saturated rings. The number of amides is 1. The Balaban J connectivity index is 1.22. The predicted octanol–water partition coefficient (Wildman–Crippen LogP) is 5.40. The zero-order valence-corrected chi connectivity index (χ0v) is 28.2. The van der Waals surface area contributed by atoms with E-state index in [1.165, 1.54) is 0 Å². The summed E-state index contributed by atoms with van der Waals surface area (Å²) in [6, 6.07) is 15.1. The van der Waals surface area contributed by atoms with Gasteiger partial charge in [-0.3, -0.25) is 9.69 Å². The lowest BCUT2D eigenvalue weighted by Gasteiger charge is -2.41. The van der Waals surface area contributed by atoms with Crippen molar-refractivity contribution in [2.24, 2.45) is 5.92 Å². The summed E-state index contributed by atoms with van der Waals surface area (Å²) in [6.45, 7) is 12.0. The number of hydrogen-bond acceptors (Lipinski definition) is 8. The van der Waals surface area contributed by atoms with Gasteiger partial charge in [0.05, 0.1) is 47.9 Å². The molecule has 252 valence electrons. The summed E-state index contributed by atoms with van der Waals surface area (Å²) >= 11 is 0. The van der Waals surface area contributed by atoms with Crippen LogP contribution in [0.3, 0.4) is 0 Å². The second kappa shape index (κ2) is 12.7. The van der Waals surface area contributed by atoms with Crippen LogP contribution in [-0.4, -0.2) is 98.0 Å². The molecule has 2 atom stereocenters. The highest BCUT2D eigenvalue weighted by atomic mass is 16.6. The third kappa shape index (κ3) is 6.29. The number of piperazine rings is 1. The summed E-state index contributed by atoms with van der Waals surface area (Å²) in [6.07, 6.45) is 2.32. The Morgan fingerprint density at radius 3 is 2.69 bits per heavy atom. The van der Waals surface area contributed by atoms with Crippen molar-refractivity contribution in [3.8, 4) is 17.1 Å². The molecular weight excluding hydrogens is 610 g/mol. The first-order valence-corrected chi connectivity index (χ1v) is 16.6. The molecule has 1 N–H and O–H groups in total. The number of hydrogen-bond donors (Lipinski definition) is 1. The van der Waals surface area contributed by atoms with Crippen LogP contribution in [0, 0.1) is 12.8 Å². The number of aryl methyl sites for hydroxylation is 1. The quantitative estimate of drug-likeness (QED) is 0.248. The maximum absolute atomic E-state index is 14.2. The Hall–Kier alpha value is -4.68. The minimum atomic E-state index is -0.667. The van der Waals surface area contributed by atoms with E-state index in [4.69, 9.17) is 24.2 Å². The molecule has 0 aliphatic carbocycles. The molecule has 3 aromatic heterocycles. The average molecular weight is 654 g/mol. The molecule has 0 spiro atoms. The highest BCUT2D eigenvalue weighted by molar-refractivity contribution is 5.95. The molecule has 2 aliphatic heterocycles. The number of imidazole rings is 2. The molecule has 5 aromatic rings. The summed E-state index contributed by atoms with van der Waals surface area (Å²) < 4.78 is 20.5. The molecule has 2 aromatic carbocycles. The van der Waals surface area contributed by atoms with Gasteiger partial charge in [-0.1, -0.05) is 18.2 Å². The first kappa shape index (κ1) is 31.9. The van der Waals surface area contributed by atoms with Gasteiger partial charge in [0.25, 0.3) is 0 Å². The van der Waals surface area contributed by atoms with Crippen LogP contribution in [0.4, 0.5) is 4.79 Å². The number of H-pyrrole nitrogens is 1. The van der Waals surface area contributed by atoms with Crippen LogP contribution >= 0.6 is 0 Å². The lowest BCUT2D eigenvalue weighted by atomic mass is 10.1. The van der Waals surface area contributed by atoms with Gasteiger partial charge in [-0.2, -0.15) is 0 Å². The maximum atomic E-state index is 14.2. The van der Waals surface area contributed by atoms with Gasteiger partial charge < -0.3 is 28.7 Å². The number of carbonyl (C=O) groups is 2. The number of nitrogens with one attached hydrogen (secondary N) is 1. The van der Waals surface area contributed by atoms with Crippen LogP contribution in [0.1, 0.15) is 44.9 Å². The van der Waals surface area contributed by atoms with Crippen molar-refractivity contribution in [3.05, 3.63) is 66.4 Å². The van der Waals surface area contributed by atoms with Crippen molar-refractivity contribution in [3.63, 3.8) is 0 Å². The number of aromatic nitrogens is 5. The number of rotatable bonds is 7. The highest BCUT2D eigenvalue weighted by Gasteiger charge is 2.35. The summed E-state index contributed by atoms with van der Waals surface area (Å²) in [4.78, 5) is 45.1. The Morgan fingerprint density at radius 1 is 1.08 bits per heavy atom. The van der Waals surface area contributed by atoms with Crippen LogP contribution in [0.15, 0.2) is 54.7 Å². The number of carbonyl (C=O) groups excluding carboxylic acids is 2. The molecule has 7 rings (SSSR count). The highest BCUT2D eigenvalue weighted by Crippen LogP contribution is 2.32. The topological polar surface area (TPSA) is 120 Å². The maximum Gasteiger partial charge on any atom is 0.419 e. The SMILES string of the molecule is COc1ccc2nc(C)n(CC(=O)N3CCN(CC4CCOC4)C[C@H]3c3ncc(-c4cc5ccccc5n4C(=O)OC(C)(C)C)[nH]3)c2c1. The van der Waals surface area contributed by atoms with Gasteiger partial charge in [0.15, 0.2) is 0 Å². The summed E-state index contributed by atoms with van der Waals surface area (Å²) in [5.41, 5.74) is 3.07. The minimum Gasteiger partial charge on any atom is -0.497 e. The molecule has 12 heteroatoms. The van der Waals surface area contributed by atoms with Crippen LogP contribution < -0.4 is 4.74 Å². The van der Waals surface area contributed by atoms with Gasteiger partial charge in [0, 0.05) is 44.2 Å². The zero-order chi connectivity index (χ0) is 33.6. The molecule has 12 nitrogen and oxygen atoms in total. The summed E-state index contributed by atoms with van der Waals surface area (Å²) in [7, 11) is 1.63. The molecule has 0 saturated carbocycles. The first-order valence-electron chi connectivity index (χ1n) is 16.6. The van der Waals surface area contributed by atoms with Crippen LogP contribution in [0.25, 0.3) is 33.3 Å². The van der Waals surface area contributed by atoms with E-state index in [0.717, 1.165) is 60.5 Å². The third-order valence-corrected chi connectivity index (χ3v) is 9.24. The fourth-order valence-electron chi connectivity index (χ4n) is 6.90. The van der Waals surface area contributed by atoms with E-state index >= 15 is 0 Å². The van der Waals surface area contributed by atoms with Gasteiger partial charge in [0.2, 0.25) is 5.91 Å². The molecule has 0 radical (unpaired) electrons. The number of aromatic amines is 1. The molecule has 0 bridgehead atoms. The standard InChI is InChI=1S/C36H43N7O5/c1-23-38-27-11-10-26(46-5)17-30(27)42(23)21-33(44)41-14-13-40(19-24-12-15-47-22-24)20-32(41)34-37-18-28(39-34)31-16-25-8-6-7-9-29(25)43(31)35(45)48-36(2,3)4/h6-11,16-18,24,32H,12-15,19-22H2,1-5H3,(H,37,39)/t24?,32-/m0/s1. The second-order valence-corrected chi connectivity index (χ2v) is 13.8. The Kier molecular flexibility index (Phi) is 8.46. The predicted molar refractivity (Wildman–Crippen MR) is 182 cm³/mol. The number of nitrogens with zero attached hydrogens (tertiary/aromatic N) is 6. The van der Waals surface area contributed by atoms with E-state index in [-0.39, 0.29) is 18.5 Å². The molecule has 1 amide bonds. The van der Waals surface area contributed by atoms with Crippen LogP contribution in [0.5, 0.6) is 5.75 Å². The number of benzene rings is 2. The van der Waals surface area contributed by atoms with Crippen molar-refractivity contribution in [1.82, 2.24) is 33.9 Å². The van der Waals surface area contributed by atoms with E-state index in [1.807, 2.05) is 85.7 Å². The molecule has 48 heavy (non-hydrogen) atoms. The zero-order valence-electron chi connectivity index (χ0n) is 28.2. The average Bonchev–Trinajstić information content (AvgIpc) is 3.86. The van der Waals surface area contributed by atoms with E-state index in [1.54, 1.807) is 17.9 Å².